The van der Waals surface area contributed by atoms with Crippen LogP contribution in [0.5, 0.6) is 0 Å². The van der Waals surface area contributed by atoms with Gasteiger partial charge in [-0.15, -0.1) is 0 Å². The Hall–Kier alpha value is -2.82. The van der Waals surface area contributed by atoms with Crippen LogP contribution >= 0.6 is 0 Å². The summed E-state index contributed by atoms with van der Waals surface area (Å²) >= 11 is 0. The highest BCUT2D eigenvalue weighted by atomic mass is 19.1. The predicted molar refractivity (Wildman–Crippen MR) is 86.2 cm³/mol. The first-order valence-electron chi connectivity index (χ1n) is 7.35. The van der Waals surface area contributed by atoms with Crippen molar-refractivity contribution in [1.29, 1.82) is 0 Å². The molecule has 23 heavy (non-hydrogen) atoms. The minimum absolute atomic E-state index is 0.133. The number of benzene rings is 2. The van der Waals surface area contributed by atoms with Crippen LogP contribution in [0, 0.1) is 12.7 Å². The number of carbonyl (C=O) groups excluding carboxylic acids is 1. The van der Waals surface area contributed by atoms with Gasteiger partial charge < -0.3 is 5.32 Å². The molecule has 5 heteroatoms. The summed E-state index contributed by atoms with van der Waals surface area (Å²) in [6.45, 7) is 2.20. The zero-order chi connectivity index (χ0) is 16.2. The Morgan fingerprint density at radius 3 is 2.39 bits per heavy atom. The van der Waals surface area contributed by atoms with Crippen LogP contribution in [-0.4, -0.2) is 15.9 Å². The van der Waals surface area contributed by atoms with Gasteiger partial charge in [0.1, 0.15) is 5.82 Å². The number of aryl methyl sites for hydroxylation is 1. The second-order valence-electron chi connectivity index (χ2n) is 5.32. The van der Waals surface area contributed by atoms with Gasteiger partial charge in [0, 0.05) is 0 Å². The van der Waals surface area contributed by atoms with Gasteiger partial charge in [0.15, 0.2) is 0 Å². The van der Waals surface area contributed by atoms with E-state index in [1.807, 2.05) is 31.2 Å². The van der Waals surface area contributed by atoms with E-state index in [1.165, 1.54) is 12.1 Å². The van der Waals surface area contributed by atoms with Gasteiger partial charge in [-0.2, -0.15) is 0 Å². The molecule has 1 amide bonds. The van der Waals surface area contributed by atoms with Gasteiger partial charge >= 0.3 is 0 Å². The van der Waals surface area contributed by atoms with Gasteiger partial charge in [0.2, 0.25) is 5.91 Å². The average molecular weight is 309 g/mol. The largest absolute Gasteiger partial charge is 0.350 e. The topological polar surface area (TPSA) is 54.9 Å². The van der Waals surface area contributed by atoms with Gasteiger partial charge in [-0.05, 0) is 36.8 Å². The van der Waals surface area contributed by atoms with Crippen molar-refractivity contribution >= 4 is 16.9 Å². The fourth-order valence-corrected chi connectivity index (χ4v) is 2.32. The summed E-state index contributed by atoms with van der Waals surface area (Å²) in [4.78, 5) is 21.0. The van der Waals surface area contributed by atoms with Crippen LogP contribution in [0.4, 0.5) is 4.39 Å². The van der Waals surface area contributed by atoms with E-state index in [4.69, 9.17) is 0 Å². The molecule has 3 rings (SSSR count). The molecule has 1 heterocycles. The maximum atomic E-state index is 12.8. The standard InChI is InChI=1S/C18H16FN3O/c1-12-17(22-16-5-3-2-4-15(16)21-12)11-20-18(23)10-13-6-8-14(19)9-7-13/h2-9H,10-11H2,1H3,(H,20,23). The molecular weight excluding hydrogens is 293 g/mol. The van der Waals surface area contributed by atoms with E-state index >= 15 is 0 Å². The molecule has 0 aliphatic carbocycles. The van der Waals surface area contributed by atoms with Crippen LogP contribution in [0.2, 0.25) is 0 Å². The van der Waals surface area contributed by atoms with Crippen LogP contribution in [0.25, 0.3) is 11.0 Å². The van der Waals surface area contributed by atoms with Gasteiger partial charge in [0.05, 0.1) is 35.4 Å². The van der Waals surface area contributed by atoms with Crippen LogP contribution in [0.15, 0.2) is 48.5 Å². The Morgan fingerprint density at radius 2 is 1.70 bits per heavy atom. The number of halogens is 1. The number of hydrogen-bond acceptors (Lipinski definition) is 3. The molecule has 0 saturated heterocycles. The molecule has 0 atom stereocenters. The van der Waals surface area contributed by atoms with E-state index in [0.717, 1.165) is 28.0 Å². The first-order chi connectivity index (χ1) is 11.1. The minimum atomic E-state index is -0.309. The Labute approximate surface area is 133 Å². The number of aromatic nitrogens is 2. The molecule has 0 unspecified atom stereocenters. The fraction of sp³-hybridized carbons (Fsp3) is 0.167. The zero-order valence-corrected chi connectivity index (χ0v) is 12.7. The molecule has 1 aromatic heterocycles. The number of nitrogens with one attached hydrogen (secondary N) is 1. The van der Waals surface area contributed by atoms with Gasteiger partial charge in [-0.3, -0.25) is 4.79 Å². The third kappa shape index (κ3) is 3.69. The lowest BCUT2D eigenvalue weighted by Gasteiger charge is -2.08. The Bertz CT molecular complexity index is 847. The predicted octanol–water partition coefficient (Wildman–Crippen LogP) is 2.94. The number of carbonyl (C=O) groups is 1. The van der Waals surface area contributed by atoms with Gasteiger partial charge in [-0.1, -0.05) is 24.3 Å². The summed E-state index contributed by atoms with van der Waals surface area (Å²) in [7, 11) is 0. The van der Waals surface area contributed by atoms with Crippen LogP contribution in [0.1, 0.15) is 17.0 Å². The molecule has 1 N–H and O–H groups in total. The maximum absolute atomic E-state index is 12.8. The highest BCUT2D eigenvalue weighted by Gasteiger charge is 2.08. The molecule has 0 bridgehead atoms. The van der Waals surface area contributed by atoms with E-state index in [0.29, 0.717) is 6.54 Å². The van der Waals surface area contributed by atoms with E-state index < -0.39 is 0 Å². The minimum Gasteiger partial charge on any atom is -0.350 e. The molecule has 3 aromatic rings. The highest BCUT2D eigenvalue weighted by Crippen LogP contribution is 2.12. The van der Waals surface area contributed by atoms with Gasteiger partial charge in [-0.25, -0.2) is 14.4 Å². The Morgan fingerprint density at radius 1 is 1.04 bits per heavy atom. The van der Waals surface area contributed by atoms with Gasteiger partial charge in [0.25, 0.3) is 0 Å². The smallest absolute Gasteiger partial charge is 0.224 e. The van der Waals surface area contributed by atoms with E-state index in [2.05, 4.69) is 15.3 Å². The van der Waals surface area contributed by atoms with E-state index in [1.54, 1.807) is 12.1 Å². The van der Waals surface area contributed by atoms with E-state index in [9.17, 15) is 9.18 Å². The van der Waals surface area contributed by atoms with Crippen molar-refractivity contribution in [3.05, 3.63) is 71.3 Å². The Balaban J connectivity index is 1.66. The summed E-state index contributed by atoms with van der Waals surface area (Å²) in [6.07, 6.45) is 0.209. The summed E-state index contributed by atoms with van der Waals surface area (Å²) in [6, 6.07) is 13.5. The fourth-order valence-electron chi connectivity index (χ4n) is 2.32. The molecule has 0 fully saturated rings. The second kappa shape index (κ2) is 6.52. The quantitative estimate of drug-likeness (QED) is 0.806. The number of para-hydroxylation sites is 2. The number of fused-ring (bicyclic) bond motifs is 1. The lowest BCUT2D eigenvalue weighted by Crippen LogP contribution is -2.25. The molecule has 0 saturated carbocycles. The molecule has 4 nitrogen and oxygen atoms in total. The first-order valence-corrected chi connectivity index (χ1v) is 7.35. The second-order valence-corrected chi connectivity index (χ2v) is 5.32. The van der Waals surface area contributed by atoms with Crippen LogP contribution < -0.4 is 5.32 Å². The third-order valence-corrected chi connectivity index (χ3v) is 3.57. The molecule has 0 aliphatic rings. The molecule has 0 spiro atoms. The average Bonchev–Trinajstić information content (AvgIpc) is 2.55. The number of hydrogen-bond donors (Lipinski definition) is 1. The number of amides is 1. The number of rotatable bonds is 4. The lowest BCUT2D eigenvalue weighted by molar-refractivity contribution is -0.120. The van der Waals surface area contributed by atoms with Crippen molar-refractivity contribution in [2.45, 2.75) is 19.9 Å². The molecular formula is C18H16FN3O. The summed E-state index contributed by atoms with van der Waals surface area (Å²) in [5.41, 5.74) is 3.96. The van der Waals surface area contributed by atoms with Crippen molar-refractivity contribution in [3.8, 4) is 0 Å². The zero-order valence-electron chi connectivity index (χ0n) is 12.7. The van der Waals surface area contributed by atoms with Crippen LogP contribution in [0.3, 0.4) is 0 Å². The molecule has 0 radical (unpaired) electrons. The third-order valence-electron chi connectivity index (χ3n) is 3.57. The lowest BCUT2D eigenvalue weighted by atomic mass is 10.1. The van der Waals surface area contributed by atoms with Crippen molar-refractivity contribution in [2.24, 2.45) is 0 Å². The van der Waals surface area contributed by atoms with Crippen molar-refractivity contribution in [1.82, 2.24) is 15.3 Å². The molecule has 0 aliphatic heterocycles. The molecule has 2 aromatic carbocycles. The van der Waals surface area contributed by atoms with Crippen LogP contribution in [-0.2, 0) is 17.8 Å². The monoisotopic (exact) mass is 309 g/mol. The van der Waals surface area contributed by atoms with Crippen molar-refractivity contribution in [3.63, 3.8) is 0 Å². The maximum Gasteiger partial charge on any atom is 0.224 e. The summed E-state index contributed by atoms with van der Waals surface area (Å²) < 4.78 is 12.8. The molecule has 116 valence electrons. The van der Waals surface area contributed by atoms with Crippen molar-refractivity contribution < 1.29 is 9.18 Å². The summed E-state index contributed by atoms with van der Waals surface area (Å²) in [5.74, 6) is -0.442. The normalized spacial score (nSPS) is 10.7. The summed E-state index contributed by atoms with van der Waals surface area (Å²) in [5, 5.41) is 2.83. The van der Waals surface area contributed by atoms with Crippen molar-refractivity contribution in [2.75, 3.05) is 0 Å². The highest BCUT2D eigenvalue weighted by molar-refractivity contribution is 5.78. The SMILES string of the molecule is Cc1nc2ccccc2nc1CNC(=O)Cc1ccc(F)cc1. The van der Waals surface area contributed by atoms with E-state index in [-0.39, 0.29) is 18.1 Å². The number of nitrogens with zero attached hydrogens (tertiary/aromatic N) is 2. The Kier molecular flexibility index (Phi) is 4.28. The first kappa shape index (κ1) is 15.1.